The van der Waals surface area contributed by atoms with Crippen LogP contribution in [0.5, 0.6) is 0 Å². The number of furan rings is 1. The molecule has 0 aliphatic carbocycles. The van der Waals surface area contributed by atoms with Crippen LogP contribution < -0.4 is 10.6 Å². The number of likely N-dealkylation sites (tertiary alicyclic amines) is 1. The largest absolute Gasteiger partial charge is 0.469 e. The summed E-state index contributed by atoms with van der Waals surface area (Å²) in [6, 6.07) is 3.95. The van der Waals surface area contributed by atoms with Crippen LogP contribution in [-0.4, -0.2) is 62.3 Å². The molecule has 2 N–H and O–H groups in total. The van der Waals surface area contributed by atoms with E-state index in [2.05, 4.69) is 29.4 Å². The molecule has 0 radical (unpaired) electrons. The minimum atomic E-state index is 0. The summed E-state index contributed by atoms with van der Waals surface area (Å²) in [6.45, 7) is 11.3. The van der Waals surface area contributed by atoms with Gasteiger partial charge in [0.05, 0.1) is 19.4 Å². The van der Waals surface area contributed by atoms with E-state index in [1.165, 1.54) is 32.4 Å². The molecular weight excluding hydrogens is 467 g/mol. The molecule has 0 amide bonds. The fourth-order valence-corrected chi connectivity index (χ4v) is 3.79. The number of nitrogens with zero attached hydrogens (tertiary/aromatic N) is 2. The Hall–Kier alpha value is -0.800. The third-order valence-electron chi connectivity index (χ3n) is 5.66. The van der Waals surface area contributed by atoms with Crippen molar-refractivity contribution in [3.05, 3.63) is 24.2 Å². The maximum atomic E-state index is 5.49. The lowest BCUT2D eigenvalue weighted by atomic mass is 9.99. The highest BCUT2D eigenvalue weighted by molar-refractivity contribution is 14.0. The van der Waals surface area contributed by atoms with E-state index in [4.69, 9.17) is 14.1 Å². The Morgan fingerprint density at radius 2 is 2.07 bits per heavy atom. The average molecular weight is 504 g/mol. The molecule has 160 valence electrons. The predicted molar refractivity (Wildman–Crippen MR) is 125 cm³/mol. The third kappa shape index (κ3) is 7.55. The van der Waals surface area contributed by atoms with Crippen LogP contribution in [0, 0.1) is 5.92 Å². The molecule has 2 saturated heterocycles. The second-order valence-corrected chi connectivity index (χ2v) is 8.39. The monoisotopic (exact) mass is 504 g/mol. The number of rotatable bonds is 8. The Balaban J connectivity index is 0.00000280. The quantitative estimate of drug-likeness (QED) is 0.323. The SMILES string of the molecule is CC(C)(CN=C(NCCc1ccco1)NCC1CCOC1)N1CCCCC1.I. The molecule has 3 heterocycles. The van der Waals surface area contributed by atoms with E-state index in [-0.39, 0.29) is 29.5 Å². The highest BCUT2D eigenvalue weighted by Crippen LogP contribution is 2.20. The van der Waals surface area contributed by atoms with E-state index in [0.717, 1.165) is 57.4 Å². The van der Waals surface area contributed by atoms with Crippen LogP contribution in [0.4, 0.5) is 0 Å². The van der Waals surface area contributed by atoms with Crippen molar-refractivity contribution in [1.82, 2.24) is 15.5 Å². The van der Waals surface area contributed by atoms with Gasteiger partial charge in [0.1, 0.15) is 5.76 Å². The molecule has 3 rings (SSSR count). The summed E-state index contributed by atoms with van der Waals surface area (Å²) in [5.74, 6) is 2.48. The van der Waals surface area contributed by atoms with Crippen molar-refractivity contribution in [2.75, 3.05) is 45.9 Å². The lowest BCUT2D eigenvalue weighted by Gasteiger charge is -2.40. The highest BCUT2D eigenvalue weighted by Gasteiger charge is 2.27. The fourth-order valence-electron chi connectivity index (χ4n) is 3.79. The van der Waals surface area contributed by atoms with E-state index >= 15 is 0 Å². The molecular formula is C21H37IN4O2. The number of piperidine rings is 1. The second kappa shape index (κ2) is 12.0. The van der Waals surface area contributed by atoms with Crippen LogP contribution >= 0.6 is 24.0 Å². The zero-order chi connectivity index (χ0) is 19.0. The maximum Gasteiger partial charge on any atom is 0.191 e. The van der Waals surface area contributed by atoms with Gasteiger partial charge in [-0.2, -0.15) is 0 Å². The Morgan fingerprint density at radius 3 is 2.75 bits per heavy atom. The summed E-state index contributed by atoms with van der Waals surface area (Å²) in [7, 11) is 0. The number of halogens is 1. The van der Waals surface area contributed by atoms with Crippen LogP contribution in [0.25, 0.3) is 0 Å². The van der Waals surface area contributed by atoms with E-state index in [1.807, 2.05) is 12.1 Å². The Morgan fingerprint density at radius 1 is 1.25 bits per heavy atom. The lowest BCUT2D eigenvalue weighted by molar-refractivity contribution is 0.102. The Labute approximate surface area is 186 Å². The smallest absolute Gasteiger partial charge is 0.191 e. The maximum absolute atomic E-state index is 5.49. The zero-order valence-electron chi connectivity index (χ0n) is 17.4. The molecule has 1 aromatic heterocycles. The first-order chi connectivity index (χ1) is 13.1. The van der Waals surface area contributed by atoms with Gasteiger partial charge in [0.15, 0.2) is 5.96 Å². The summed E-state index contributed by atoms with van der Waals surface area (Å²) in [5.41, 5.74) is 0.0898. The van der Waals surface area contributed by atoms with E-state index in [0.29, 0.717) is 5.92 Å². The van der Waals surface area contributed by atoms with Crippen LogP contribution in [0.1, 0.15) is 45.3 Å². The molecule has 2 aliphatic heterocycles. The van der Waals surface area contributed by atoms with Gasteiger partial charge in [-0.1, -0.05) is 6.42 Å². The van der Waals surface area contributed by atoms with Crippen LogP contribution in [0.2, 0.25) is 0 Å². The van der Waals surface area contributed by atoms with Gasteiger partial charge in [-0.15, -0.1) is 24.0 Å². The Bertz CT molecular complexity index is 565. The third-order valence-corrected chi connectivity index (χ3v) is 5.66. The molecule has 6 nitrogen and oxygen atoms in total. The fraction of sp³-hybridized carbons (Fsp3) is 0.762. The molecule has 0 bridgehead atoms. The van der Waals surface area contributed by atoms with E-state index in [1.54, 1.807) is 6.26 Å². The molecule has 1 atom stereocenters. The number of hydrogen-bond acceptors (Lipinski definition) is 4. The van der Waals surface area contributed by atoms with E-state index in [9.17, 15) is 0 Å². The van der Waals surface area contributed by atoms with Crippen molar-refractivity contribution >= 4 is 29.9 Å². The van der Waals surface area contributed by atoms with Crippen molar-refractivity contribution in [2.24, 2.45) is 10.9 Å². The van der Waals surface area contributed by atoms with Gasteiger partial charge in [-0.05, 0) is 58.3 Å². The van der Waals surface area contributed by atoms with Crippen molar-refractivity contribution < 1.29 is 9.15 Å². The summed E-state index contributed by atoms with van der Waals surface area (Å²) in [6.07, 6.45) is 7.69. The minimum absolute atomic E-state index is 0. The summed E-state index contributed by atoms with van der Waals surface area (Å²) >= 11 is 0. The number of aliphatic imine (C=N–C) groups is 1. The highest BCUT2D eigenvalue weighted by atomic mass is 127. The van der Waals surface area contributed by atoms with Crippen molar-refractivity contribution in [1.29, 1.82) is 0 Å². The first-order valence-corrected chi connectivity index (χ1v) is 10.5. The number of ether oxygens (including phenoxy) is 1. The standard InChI is InChI=1S/C21H36N4O2.HI/c1-21(2,25-11-4-3-5-12-25)17-24-20(23-15-18-9-14-26-16-18)22-10-8-19-7-6-13-27-19;/h6-7,13,18H,3-5,8-12,14-17H2,1-2H3,(H2,22,23,24);1H. The molecule has 1 aromatic rings. The molecule has 1 unspecified atom stereocenters. The van der Waals surface area contributed by atoms with Crippen molar-refractivity contribution in [3.63, 3.8) is 0 Å². The van der Waals surface area contributed by atoms with Gasteiger partial charge < -0.3 is 19.8 Å². The molecule has 0 spiro atoms. The summed E-state index contributed by atoms with van der Waals surface area (Å²) in [4.78, 5) is 7.52. The summed E-state index contributed by atoms with van der Waals surface area (Å²) < 4.78 is 10.9. The molecule has 28 heavy (non-hydrogen) atoms. The van der Waals surface area contributed by atoms with Gasteiger partial charge in [-0.25, -0.2) is 0 Å². The molecule has 2 aliphatic rings. The summed E-state index contributed by atoms with van der Waals surface area (Å²) in [5, 5.41) is 7.00. The van der Waals surface area contributed by atoms with Gasteiger partial charge in [0.25, 0.3) is 0 Å². The van der Waals surface area contributed by atoms with Gasteiger partial charge >= 0.3 is 0 Å². The van der Waals surface area contributed by atoms with Crippen LogP contribution in [0.15, 0.2) is 27.8 Å². The first kappa shape index (κ1) is 23.5. The first-order valence-electron chi connectivity index (χ1n) is 10.5. The zero-order valence-corrected chi connectivity index (χ0v) is 19.7. The predicted octanol–water partition coefficient (Wildman–Crippen LogP) is 3.28. The molecule has 7 heteroatoms. The molecule has 2 fully saturated rings. The average Bonchev–Trinajstić information content (AvgIpc) is 3.38. The molecule has 0 saturated carbocycles. The van der Waals surface area contributed by atoms with Crippen LogP contribution in [-0.2, 0) is 11.2 Å². The number of nitrogens with one attached hydrogen (secondary N) is 2. The number of guanidine groups is 1. The second-order valence-electron chi connectivity index (χ2n) is 8.39. The topological polar surface area (TPSA) is 62.0 Å². The van der Waals surface area contributed by atoms with Gasteiger partial charge in [0.2, 0.25) is 0 Å². The van der Waals surface area contributed by atoms with Crippen molar-refractivity contribution in [2.45, 2.75) is 51.5 Å². The normalized spacial score (nSPS) is 21.4. The number of hydrogen-bond donors (Lipinski definition) is 2. The van der Waals surface area contributed by atoms with Crippen LogP contribution in [0.3, 0.4) is 0 Å². The van der Waals surface area contributed by atoms with Crippen molar-refractivity contribution in [3.8, 4) is 0 Å². The lowest BCUT2D eigenvalue weighted by Crippen LogP contribution is -2.50. The minimum Gasteiger partial charge on any atom is -0.469 e. The van der Waals surface area contributed by atoms with E-state index < -0.39 is 0 Å². The molecule has 0 aromatic carbocycles. The van der Waals surface area contributed by atoms with Gasteiger partial charge in [-0.3, -0.25) is 9.89 Å². The Kier molecular flexibility index (Phi) is 10.1. The van der Waals surface area contributed by atoms with Gasteiger partial charge in [0, 0.05) is 37.6 Å².